The quantitative estimate of drug-likeness (QED) is 0.752. The summed E-state index contributed by atoms with van der Waals surface area (Å²) in [5, 5.41) is 9.02. The lowest BCUT2D eigenvalue weighted by Crippen LogP contribution is -2.07. The maximum Gasteiger partial charge on any atom is 0.328 e. The molecule has 14 heavy (non-hydrogen) atoms. The van der Waals surface area contributed by atoms with Crippen LogP contribution in [0.25, 0.3) is 0 Å². The van der Waals surface area contributed by atoms with Crippen LogP contribution in [0.15, 0.2) is 36.4 Å². The van der Waals surface area contributed by atoms with E-state index >= 15 is 0 Å². The molecule has 1 unspecified atom stereocenters. The molecule has 0 amide bonds. The van der Waals surface area contributed by atoms with E-state index in [-0.39, 0.29) is 0 Å². The second-order valence-electron chi connectivity index (χ2n) is 2.77. The smallest absolute Gasteiger partial charge is 0.328 e. The van der Waals surface area contributed by atoms with Gasteiger partial charge in [-0.25, -0.2) is 4.79 Å². The van der Waals surface area contributed by atoms with E-state index in [1.165, 1.54) is 6.08 Å². The Morgan fingerprint density at radius 1 is 1.43 bits per heavy atom. The van der Waals surface area contributed by atoms with Crippen LogP contribution in [0.3, 0.4) is 0 Å². The monoisotopic (exact) mass is 211 g/mol. The van der Waals surface area contributed by atoms with E-state index < -0.39 is 12.0 Å². The van der Waals surface area contributed by atoms with Gasteiger partial charge in [-0.3, -0.25) is 0 Å². The van der Waals surface area contributed by atoms with E-state index in [1.807, 2.05) is 0 Å². The molecule has 0 spiro atoms. The molecule has 1 atom stereocenters. The van der Waals surface area contributed by atoms with Crippen molar-refractivity contribution in [2.45, 2.75) is 6.04 Å². The Balaban J connectivity index is 2.74. The SMILES string of the molecule is NC(/C=C/C(=O)O)c1ccc(Cl)cc1. The van der Waals surface area contributed by atoms with Crippen molar-refractivity contribution >= 4 is 17.6 Å². The molecule has 0 fully saturated rings. The minimum Gasteiger partial charge on any atom is -0.478 e. The summed E-state index contributed by atoms with van der Waals surface area (Å²) in [5.74, 6) is -1.01. The van der Waals surface area contributed by atoms with E-state index in [9.17, 15) is 4.79 Å². The molecule has 0 aromatic heterocycles. The fraction of sp³-hybridized carbons (Fsp3) is 0.100. The summed E-state index contributed by atoms with van der Waals surface area (Å²) in [6.07, 6.45) is 2.45. The maximum atomic E-state index is 10.2. The molecular weight excluding hydrogens is 202 g/mol. The van der Waals surface area contributed by atoms with Gasteiger partial charge < -0.3 is 10.8 Å². The van der Waals surface area contributed by atoms with E-state index in [4.69, 9.17) is 22.4 Å². The standard InChI is InChI=1S/C10H10ClNO2/c11-8-3-1-7(2-4-8)9(12)5-6-10(13)14/h1-6,9H,12H2,(H,13,14)/b6-5+. The normalized spacial score (nSPS) is 13.0. The molecular formula is C10H10ClNO2. The molecule has 0 saturated heterocycles. The fourth-order valence-corrected chi connectivity index (χ4v) is 1.11. The molecule has 0 bridgehead atoms. The maximum absolute atomic E-state index is 10.2. The molecule has 0 aliphatic carbocycles. The highest BCUT2D eigenvalue weighted by Gasteiger charge is 2.01. The predicted octanol–water partition coefficient (Wildman–Crippen LogP) is 1.98. The van der Waals surface area contributed by atoms with E-state index in [2.05, 4.69) is 0 Å². The third-order valence-corrected chi connectivity index (χ3v) is 1.95. The molecule has 3 N–H and O–H groups in total. The number of hydrogen-bond donors (Lipinski definition) is 2. The number of aliphatic carboxylic acids is 1. The first-order valence-corrected chi connectivity index (χ1v) is 4.39. The lowest BCUT2D eigenvalue weighted by molar-refractivity contribution is -0.131. The third kappa shape index (κ3) is 3.20. The Morgan fingerprint density at radius 2 is 2.00 bits per heavy atom. The van der Waals surface area contributed by atoms with Gasteiger partial charge in [0.1, 0.15) is 0 Å². The van der Waals surface area contributed by atoms with E-state index in [1.54, 1.807) is 24.3 Å². The van der Waals surface area contributed by atoms with Gasteiger partial charge in [0.25, 0.3) is 0 Å². The Labute approximate surface area is 86.8 Å². The van der Waals surface area contributed by atoms with Crippen molar-refractivity contribution in [1.29, 1.82) is 0 Å². The molecule has 0 saturated carbocycles. The highest BCUT2D eigenvalue weighted by atomic mass is 35.5. The van der Waals surface area contributed by atoms with Gasteiger partial charge in [-0.2, -0.15) is 0 Å². The zero-order valence-electron chi connectivity index (χ0n) is 7.35. The Morgan fingerprint density at radius 3 is 2.50 bits per heavy atom. The van der Waals surface area contributed by atoms with Gasteiger partial charge in [0, 0.05) is 17.1 Å². The molecule has 0 aliphatic heterocycles. The van der Waals surface area contributed by atoms with Gasteiger partial charge in [0.2, 0.25) is 0 Å². The molecule has 4 heteroatoms. The zero-order chi connectivity index (χ0) is 10.6. The summed E-state index contributed by atoms with van der Waals surface area (Å²) in [7, 11) is 0. The van der Waals surface area contributed by atoms with Crippen LogP contribution >= 0.6 is 11.6 Å². The number of carbonyl (C=O) groups is 1. The fourth-order valence-electron chi connectivity index (χ4n) is 0.982. The van der Waals surface area contributed by atoms with Crippen LogP contribution in [0.2, 0.25) is 5.02 Å². The summed E-state index contributed by atoms with van der Waals surface area (Å²) in [5.41, 5.74) is 6.53. The Hall–Kier alpha value is -1.32. The third-order valence-electron chi connectivity index (χ3n) is 1.70. The van der Waals surface area contributed by atoms with Gasteiger partial charge in [0.15, 0.2) is 0 Å². The van der Waals surface area contributed by atoms with Crippen molar-refractivity contribution in [2.75, 3.05) is 0 Å². The van der Waals surface area contributed by atoms with Crippen LogP contribution in [-0.2, 0) is 4.79 Å². The topological polar surface area (TPSA) is 63.3 Å². The average molecular weight is 212 g/mol. The molecule has 1 rings (SSSR count). The highest BCUT2D eigenvalue weighted by Crippen LogP contribution is 2.15. The number of benzene rings is 1. The number of carboxylic acids is 1. The van der Waals surface area contributed by atoms with Crippen molar-refractivity contribution in [2.24, 2.45) is 5.73 Å². The first-order valence-electron chi connectivity index (χ1n) is 4.02. The van der Waals surface area contributed by atoms with Gasteiger partial charge in [-0.15, -0.1) is 0 Å². The second kappa shape index (κ2) is 4.79. The lowest BCUT2D eigenvalue weighted by atomic mass is 10.1. The van der Waals surface area contributed by atoms with Gasteiger partial charge in [-0.05, 0) is 17.7 Å². The molecule has 0 aliphatic rings. The molecule has 1 aromatic rings. The number of nitrogens with two attached hydrogens (primary N) is 1. The summed E-state index contributed by atoms with van der Waals surface area (Å²) < 4.78 is 0. The summed E-state index contributed by atoms with van der Waals surface area (Å²) >= 11 is 5.69. The predicted molar refractivity (Wildman–Crippen MR) is 55.2 cm³/mol. The number of halogens is 1. The van der Waals surface area contributed by atoms with E-state index in [0.717, 1.165) is 11.6 Å². The number of rotatable bonds is 3. The molecule has 0 radical (unpaired) electrons. The molecule has 0 heterocycles. The first-order chi connectivity index (χ1) is 6.59. The minimum atomic E-state index is -1.01. The van der Waals surface area contributed by atoms with Crippen LogP contribution in [0, 0.1) is 0 Å². The Kier molecular flexibility index (Phi) is 3.68. The van der Waals surface area contributed by atoms with Crippen molar-refractivity contribution in [1.82, 2.24) is 0 Å². The molecule has 1 aromatic carbocycles. The van der Waals surface area contributed by atoms with Crippen molar-refractivity contribution in [3.63, 3.8) is 0 Å². The molecule has 3 nitrogen and oxygen atoms in total. The highest BCUT2D eigenvalue weighted by molar-refractivity contribution is 6.30. The second-order valence-corrected chi connectivity index (χ2v) is 3.21. The summed E-state index contributed by atoms with van der Waals surface area (Å²) in [4.78, 5) is 10.2. The van der Waals surface area contributed by atoms with Crippen LogP contribution in [-0.4, -0.2) is 11.1 Å². The lowest BCUT2D eigenvalue weighted by Gasteiger charge is -2.05. The average Bonchev–Trinajstić information content (AvgIpc) is 2.15. The van der Waals surface area contributed by atoms with Crippen LogP contribution in [0.1, 0.15) is 11.6 Å². The van der Waals surface area contributed by atoms with Crippen LogP contribution in [0.4, 0.5) is 0 Å². The van der Waals surface area contributed by atoms with E-state index in [0.29, 0.717) is 5.02 Å². The Bertz CT molecular complexity index is 346. The van der Waals surface area contributed by atoms with Crippen molar-refractivity contribution in [3.8, 4) is 0 Å². The van der Waals surface area contributed by atoms with Gasteiger partial charge >= 0.3 is 5.97 Å². The first kappa shape index (κ1) is 10.8. The van der Waals surface area contributed by atoms with Crippen molar-refractivity contribution in [3.05, 3.63) is 47.0 Å². The van der Waals surface area contributed by atoms with Crippen LogP contribution < -0.4 is 5.73 Å². The van der Waals surface area contributed by atoms with Crippen LogP contribution in [0.5, 0.6) is 0 Å². The summed E-state index contributed by atoms with van der Waals surface area (Å²) in [6, 6.07) is 6.54. The molecule has 74 valence electrons. The number of carboxylic acid groups (broad SMARTS) is 1. The van der Waals surface area contributed by atoms with Crippen molar-refractivity contribution < 1.29 is 9.90 Å². The largest absolute Gasteiger partial charge is 0.478 e. The van der Waals surface area contributed by atoms with Gasteiger partial charge in [-0.1, -0.05) is 29.8 Å². The summed E-state index contributed by atoms with van der Waals surface area (Å²) in [6.45, 7) is 0. The minimum absolute atomic E-state index is 0.414. The van der Waals surface area contributed by atoms with Gasteiger partial charge in [0.05, 0.1) is 0 Å². The zero-order valence-corrected chi connectivity index (χ0v) is 8.11. The number of hydrogen-bond acceptors (Lipinski definition) is 2.